The Labute approximate surface area is 173 Å². The SMILES string of the molecule is Cc1ccc(NCc2ccc(OCc3ccc([N+](=O)[O-])cc3)c(Cl)c2)cc1Cl. The van der Waals surface area contributed by atoms with Gasteiger partial charge in [-0.05, 0) is 60.0 Å². The number of halogens is 2. The van der Waals surface area contributed by atoms with Crippen LogP contribution in [0.2, 0.25) is 10.0 Å². The zero-order chi connectivity index (χ0) is 20.1. The highest BCUT2D eigenvalue weighted by atomic mass is 35.5. The fraction of sp³-hybridized carbons (Fsp3) is 0.143. The first-order chi connectivity index (χ1) is 13.4. The third kappa shape index (κ3) is 5.15. The Morgan fingerprint density at radius 1 is 0.964 bits per heavy atom. The molecular weight excluding hydrogens is 399 g/mol. The van der Waals surface area contributed by atoms with E-state index in [0.717, 1.165) is 27.4 Å². The van der Waals surface area contributed by atoms with Crippen LogP contribution in [0.4, 0.5) is 11.4 Å². The minimum atomic E-state index is -0.432. The molecule has 7 heteroatoms. The number of non-ortho nitro benzene ring substituents is 1. The summed E-state index contributed by atoms with van der Waals surface area (Å²) in [4.78, 5) is 10.3. The standard InChI is InChI=1S/C21H18Cl2N2O3/c1-14-2-6-17(11-19(14)22)24-12-16-5-9-21(20(23)10-16)28-13-15-3-7-18(8-4-15)25(26)27/h2-11,24H,12-13H2,1H3. The predicted octanol–water partition coefficient (Wildman–Crippen LogP) is 6.40. The summed E-state index contributed by atoms with van der Waals surface area (Å²) in [6.07, 6.45) is 0. The summed E-state index contributed by atoms with van der Waals surface area (Å²) in [5.74, 6) is 0.558. The normalized spacial score (nSPS) is 10.5. The molecule has 1 N–H and O–H groups in total. The molecule has 0 aliphatic carbocycles. The van der Waals surface area contributed by atoms with Crippen molar-refractivity contribution in [1.29, 1.82) is 0 Å². The molecule has 0 amide bonds. The number of nitrogens with one attached hydrogen (secondary N) is 1. The first-order valence-corrected chi connectivity index (χ1v) is 9.32. The van der Waals surface area contributed by atoms with E-state index in [2.05, 4.69) is 5.32 Å². The van der Waals surface area contributed by atoms with Crippen molar-refractivity contribution in [2.75, 3.05) is 5.32 Å². The lowest BCUT2D eigenvalue weighted by Crippen LogP contribution is -2.01. The van der Waals surface area contributed by atoms with Gasteiger partial charge in [0.15, 0.2) is 0 Å². The number of anilines is 1. The second-order valence-corrected chi connectivity index (χ2v) is 7.11. The van der Waals surface area contributed by atoms with E-state index in [1.54, 1.807) is 12.1 Å². The molecule has 0 radical (unpaired) electrons. The molecule has 0 spiro atoms. The van der Waals surface area contributed by atoms with Gasteiger partial charge in [0.1, 0.15) is 12.4 Å². The zero-order valence-electron chi connectivity index (χ0n) is 15.1. The van der Waals surface area contributed by atoms with E-state index in [1.807, 2.05) is 43.3 Å². The molecule has 0 unspecified atom stereocenters. The summed E-state index contributed by atoms with van der Waals surface area (Å²) in [5.41, 5.74) is 3.84. The van der Waals surface area contributed by atoms with E-state index >= 15 is 0 Å². The Kier molecular flexibility index (Phi) is 6.39. The number of nitrogens with zero attached hydrogens (tertiary/aromatic N) is 1. The van der Waals surface area contributed by atoms with Crippen molar-refractivity contribution in [2.24, 2.45) is 0 Å². The largest absolute Gasteiger partial charge is 0.487 e. The van der Waals surface area contributed by atoms with Gasteiger partial charge in [-0.15, -0.1) is 0 Å². The predicted molar refractivity (Wildman–Crippen MR) is 112 cm³/mol. The Balaban J connectivity index is 1.58. The van der Waals surface area contributed by atoms with Crippen LogP contribution in [0, 0.1) is 17.0 Å². The van der Waals surface area contributed by atoms with E-state index in [4.69, 9.17) is 27.9 Å². The minimum Gasteiger partial charge on any atom is -0.487 e. The summed E-state index contributed by atoms with van der Waals surface area (Å²) in [6.45, 7) is 2.83. The third-order valence-electron chi connectivity index (χ3n) is 4.21. The Morgan fingerprint density at radius 2 is 1.68 bits per heavy atom. The van der Waals surface area contributed by atoms with Crippen LogP contribution in [0.3, 0.4) is 0 Å². The molecule has 0 heterocycles. The van der Waals surface area contributed by atoms with Gasteiger partial charge in [-0.1, -0.05) is 35.3 Å². The lowest BCUT2D eigenvalue weighted by molar-refractivity contribution is -0.384. The fourth-order valence-electron chi connectivity index (χ4n) is 2.55. The van der Waals surface area contributed by atoms with Crippen LogP contribution in [0.1, 0.15) is 16.7 Å². The van der Waals surface area contributed by atoms with Crippen LogP contribution < -0.4 is 10.1 Å². The Morgan fingerprint density at radius 3 is 2.32 bits per heavy atom. The van der Waals surface area contributed by atoms with E-state index < -0.39 is 4.92 Å². The van der Waals surface area contributed by atoms with Crippen molar-refractivity contribution in [2.45, 2.75) is 20.1 Å². The molecule has 0 atom stereocenters. The van der Waals surface area contributed by atoms with Gasteiger partial charge in [-0.25, -0.2) is 0 Å². The number of benzene rings is 3. The van der Waals surface area contributed by atoms with Crippen LogP contribution in [-0.4, -0.2) is 4.92 Å². The molecule has 3 aromatic carbocycles. The summed E-state index contributed by atoms with van der Waals surface area (Å²) < 4.78 is 5.73. The Bertz CT molecular complexity index is 991. The van der Waals surface area contributed by atoms with E-state index in [0.29, 0.717) is 17.3 Å². The van der Waals surface area contributed by atoms with Gasteiger partial charge in [0, 0.05) is 29.4 Å². The number of hydrogen-bond acceptors (Lipinski definition) is 4. The first-order valence-electron chi connectivity index (χ1n) is 8.57. The van der Waals surface area contributed by atoms with Gasteiger partial charge >= 0.3 is 0 Å². The maximum Gasteiger partial charge on any atom is 0.269 e. The monoisotopic (exact) mass is 416 g/mol. The molecule has 0 saturated heterocycles. The van der Waals surface area contributed by atoms with E-state index in [1.165, 1.54) is 12.1 Å². The van der Waals surface area contributed by atoms with Gasteiger partial charge in [0.05, 0.1) is 9.95 Å². The lowest BCUT2D eigenvalue weighted by Gasteiger charge is -2.11. The van der Waals surface area contributed by atoms with E-state index in [9.17, 15) is 10.1 Å². The highest BCUT2D eigenvalue weighted by Gasteiger charge is 2.07. The van der Waals surface area contributed by atoms with Crippen LogP contribution in [0.25, 0.3) is 0 Å². The van der Waals surface area contributed by atoms with Gasteiger partial charge < -0.3 is 10.1 Å². The molecule has 144 valence electrons. The molecule has 0 bridgehead atoms. The number of rotatable bonds is 7. The highest BCUT2D eigenvalue weighted by molar-refractivity contribution is 6.32. The lowest BCUT2D eigenvalue weighted by atomic mass is 10.2. The second kappa shape index (κ2) is 8.95. The summed E-state index contributed by atoms with van der Waals surface area (Å²) in [7, 11) is 0. The topological polar surface area (TPSA) is 64.4 Å². The molecular formula is C21H18Cl2N2O3. The summed E-state index contributed by atoms with van der Waals surface area (Å²) in [6, 6.07) is 17.6. The van der Waals surface area contributed by atoms with Crippen molar-refractivity contribution >= 4 is 34.6 Å². The van der Waals surface area contributed by atoms with Crippen LogP contribution >= 0.6 is 23.2 Å². The Hall–Kier alpha value is -2.76. The highest BCUT2D eigenvalue weighted by Crippen LogP contribution is 2.27. The van der Waals surface area contributed by atoms with Crippen molar-refractivity contribution in [3.05, 3.63) is 97.5 Å². The van der Waals surface area contributed by atoms with Crippen LogP contribution in [-0.2, 0) is 13.2 Å². The third-order valence-corrected chi connectivity index (χ3v) is 4.91. The molecule has 0 saturated carbocycles. The van der Waals surface area contributed by atoms with Crippen molar-refractivity contribution < 1.29 is 9.66 Å². The number of hydrogen-bond donors (Lipinski definition) is 1. The molecule has 0 aromatic heterocycles. The van der Waals surface area contributed by atoms with Gasteiger partial charge in [-0.3, -0.25) is 10.1 Å². The maximum atomic E-state index is 10.7. The molecule has 3 aromatic rings. The number of nitro groups is 1. The molecule has 5 nitrogen and oxygen atoms in total. The maximum absolute atomic E-state index is 10.7. The number of aryl methyl sites for hydroxylation is 1. The van der Waals surface area contributed by atoms with Crippen molar-refractivity contribution in [1.82, 2.24) is 0 Å². The zero-order valence-corrected chi connectivity index (χ0v) is 16.6. The molecule has 28 heavy (non-hydrogen) atoms. The average molecular weight is 417 g/mol. The minimum absolute atomic E-state index is 0.0495. The second-order valence-electron chi connectivity index (χ2n) is 6.29. The number of nitro benzene ring substituents is 1. The van der Waals surface area contributed by atoms with Gasteiger partial charge in [-0.2, -0.15) is 0 Å². The fourth-order valence-corrected chi connectivity index (χ4v) is 2.99. The number of ether oxygens (including phenoxy) is 1. The van der Waals surface area contributed by atoms with Crippen molar-refractivity contribution in [3.8, 4) is 5.75 Å². The van der Waals surface area contributed by atoms with Crippen LogP contribution in [0.5, 0.6) is 5.75 Å². The van der Waals surface area contributed by atoms with Gasteiger partial charge in [0.2, 0.25) is 0 Å². The molecule has 0 fully saturated rings. The molecule has 0 aliphatic heterocycles. The molecule has 3 rings (SSSR count). The smallest absolute Gasteiger partial charge is 0.269 e. The summed E-state index contributed by atoms with van der Waals surface area (Å²) >= 11 is 12.5. The quantitative estimate of drug-likeness (QED) is 0.357. The first kappa shape index (κ1) is 20.0. The average Bonchev–Trinajstić information content (AvgIpc) is 2.68. The van der Waals surface area contributed by atoms with E-state index in [-0.39, 0.29) is 12.3 Å². The molecule has 0 aliphatic rings. The van der Waals surface area contributed by atoms with Crippen LogP contribution in [0.15, 0.2) is 60.7 Å². The van der Waals surface area contributed by atoms with Crippen molar-refractivity contribution in [3.63, 3.8) is 0 Å². The summed E-state index contributed by atoms with van der Waals surface area (Å²) in [5, 5.41) is 15.2. The van der Waals surface area contributed by atoms with Gasteiger partial charge in [0.25, 0.3) is 5.69 Å².